The van der Waals surface area contributed by atoms with Crippen LogP contribution >= 0.6 is 0 Å². The minimum Gasteiger partial charge on any atom is -0.394 e. The van der Waals surface area contributed by atoms with Gasteiger partial charge in [-0.25, -0.2) is 0 Å². The van der Waals surface area contributed by atoms with Gasteiger partial charge < -0.3 is 29.6 Å². The Hall–Kier alpha value is -0.530. The molecule has 1 aliphatic rings. The number of carbonyl (C=O) groups excluding carboxylic acids is 1. The summed E-state index contributed by atoms with van der Waals surface area (Å²) in [6, 6.07) is 0. The molecule has 0 unspecified atom stereocenters. The van der Waals surface area contributed by atoms with Crippen LogP contribution in [-0.2, 0) is 14.3 Å². The molecule has 4 atom stereocenters. The summed E-state index contributed by atoms with van der Waals surface area (Å²) in [4.78, 5) is 10.0. The van der Waals surface area contributed by atoms with Gasteiger partial charge in [-0.2, -0.15) is 0 Å². The fourth-order valence-corrected chi connectivity index (χ4v) is 1.32. The maximum atomic E-state index is 10.0. The fourth-order valence-electron chi connectivity index (χ4n) is 1.32. The third-order valence-corrected chi connectivity index (χ3v) is 2.07. The Kier molecular flexibility index (Phi) is 4.43. The predicted octanol–water partition coefficient (Wildman–Crippen LogP) is -1.97. The first-order chi connectivity index (χ1) is 6.69. The average molecular weight is 206 g/mol. The van der Waals surface area contributed by atoms with Crippen LogP contribution < -0.4 is 0 Å². The first-order valence-corrected chi connectivity index (χ1v) is 4.36. The van der Waals surface area contributed by atoms with Gasteiger partial charge in [0.25, 0.3) is 0 Å². The molecule has 14 heavy (non-hydrogen) atoms. The lowest BCUT2D eigenvalue weighted by atomic mass is 10.0. The second kappa shape index (κ2) is 5.38. The zero-order valence-corrected chi connectivity index (χ0v) is 7.57. The van der Waals surface area contributed by atoms with Crippen LogP contribution in [0.3, 0.4) is 0 Å². The highest BCUT2D eigenvalue weighted by Gasteiger charge is 2.36. The van der Waals surface area contributed by atoms with Crippen molar-refractivity contribution in [2.75, 3.05) is 13.2 Å². The van der Waals surface area contributed by atoms with E-state index in [0.29, 0.717) is 6.29 Å². The smallest absolute Gasteiger partial charge is 0.161 e. The van der Waals surface area contributed by atoms with Crippen LogP contribution in [0.25, 0.3) is 0 Å². The third-order valence-electron chi connectivity index (χ3n) is 2.07. The molecule has 0 spiro atoms. The quantitative estimate of drug-likeness (QED) is 0.462. The number of aliphatic hydroxyl groups excluding tert-OH is 3. The molecule has 1 heterocycles. The number of carbonyl (C=O) groups is 1. The molecule has 1 fully saturated rings. The van der Waals surface area contributed by atoms with Crippen molar-refractivity contribution in [1.29, 1.82) is 0 Å². The number of hydrogen-bond donors (Lipinski definition) is 3. The monoisotopic (exact) mass is 206 g/mol. The van der Waals surface area contributed by atoms with Crippen molar-refractivity contribution in [1.82, 2.24) is 0 Å². The summed E-state index contributed by atoms with van der Waals surface area (Å²) in [6.07, 6.45) is -3.08. The van der Waals surface area contributed by atoms with Crippen LogP contribution in [-0.4, -0.2) is 59.4 Å². The Morgan fingerprint density at radius 3 is 2.79 bits per heavy atom. The number of aliphatic hydroxyl groups is 3. The molecule has 0 amide bonds. The zero-order chi connectivity index (χ0) is 10.6. The van der Waals surface area contributed by atoms with Gasteiger partial charge in [-0.15, -0.1) is 0 Å². The molecule has 3 N–H and O–H groups in total. The summed E-state index contributed by atoms with van der Waals surface area (Å²) in [6.45, 7) is -0.537. The number of aldehydes is 1. The SMILES string of the molecule is O=CCO[C@H]1C[C@@H](O)[C@@H](O)[C@@H](CO)O1. The van der Waals surface area contributed by atoms with E-state index in [9.17, 15) is 15.0 Å². The molecular formula is C8H14O6. The molecule has 1 saturated heterocycles. The summed E-state index contributed by atoms with van der Waals surface area (Å²) in [5, 5.41) is 27.5. The minimum absolute atomic E-state index is 0.0888. The van der Waals surface area contributed by atoms with E-state index in [0.717, 1.165) is 0 Å². The van der Waals surface area contributed by atoms with Gasteiger partial charge in [0.2, 0.25) is 0 Å². The summed E-state index contributed by atoms with van der Waals surface area (Å²) < 4.78 is 9.99. The van der Waals surface area contributed by atoms with Gasteiger partial charge in [-0.05, 0) is 0 Å². The molecule has 1 rings (SSSR count). The molecule has 6 nitrogen and oxygen atoms in total. The van der Waals surface area contributed by atoms with E-state index in [-0.39, 0.29) is 13.0 Å². The van der Waals surface area contributed by atoms with Gasteiger partial charge in [-0.1, -0.05) is 0 Å². The van der Waals surface area contributed by atoms with Gasteiger partial charge in [0.05, 0.1) is 12.7 Å². The van der Waals surface area contributed by atoms with Crippen molar-refractivity contribution in [3.63, 3.8) is 0 Å². The Bertz CT molecular complexity index is 185. The van der Waals surface area contributed by atoms with Crippen LogP contribution in [0, 0.1) is 0 Å². The lowest BCUT2D eigenvalue weighted by molar-refractivity contribution is -0.254. The maximum absolute atomic E-state index is 10.0. The molecule has 0 aromatic carbocycles. The largest absolute Gasteiger partial charge is 0.394 e. The highest BCUT2D eigenvalue weighted by atomic mass is 16.7. The Labute approximate surface area is 81.1 Å². The van der Waals surface area contributed by atoms with Crippen molar-refractivity contribution in [2.24, 2.45) is 0 Å². The standard InChI is InChI=1S/C8H14O6/c9-1-2-13-7-3-5(11)8(12)6(4-10)14-7/h1,5-8,10-12H,2-4H2/t5-,6-,7-,8-/m1/s1. The van der Waals surface area contributed by atoms with Crippen LogP contribution in [0.4, 0.5) is 0 Å². The summed E-state index contributed by atoms with van der Waals surface area (Å²) >= 11 is 0. The van der Waals surface area contributed by atoms with Gasteiger partial charge in [0, 0.05) is 6.42 Å². The van der Waals surface area contributed by atoms with Crippen molar-refractivity contribution in [3.8, 4) is 0 Å². The zero-order valence-electron chi connectivity index (χ0n) is 7.57. The van der Waals surface area contributed by atoms with E-state index >= 15 is 0 Å². The molecule has 0 aromatic rings. The molecule has 0 radical (unpaired) electrons. The average Bonchev–Trinajstić information content (AvgIpc) is 2.19. The van der Waals surface area contributed by atoms with Gasteiger partial charge in [0.1, 0.15) is 25.1 Å². The Balaban J connectivity index is 2.45. The molecule has 0 aromatic heterocycles. The number of hydrogen-bond acceptors (Lipinski definition) is 6. The minimum atomic E-state index is -1.11. The molecule has 0 aliphatic carbocycles. The summed E-state index contributed by atoms with van der Waals surface area (Å²) in [5.41, 5.74) is 0. The first-order valence-electron chi connectivity index (χ1n) is 4.36. The summed E-state index contributed by atoms with van der Waals surface area (Å²) in [5.74, 6) is 0. The molecule has 0 saturated carbocycles. The highest BCUT2D eigenvalue weighted by Crippen LogP contribution is 2.20. The van der Waals surface area contributed by atoms with E-state index in [1.807, 2.05) is 0 Å². The second-order valence-electron chi connectivity index (χ2n) is 3.08. The lowest BCUT2D eigenvalue weighted by Gasteiger charge is -2.35. The first kappa shape index (κ1) is 11.5. The van der Waals surface area contributed by atoms with E-state index in [4.69, 9.17) is 14.6 Å². The maximum Gasteiger partial charge on any atom is 0.161 e. The molecule has 0 bridgehead atoms. The van der Waals surface area contributed by atoms with Crippen LogP contribution in [0.5, 0.6) is 0 Å². The topological polar surface area (TPSA) is 96.2 Å². The predicted molar refractivity (Wildman–Crippen MR) is 44.4 cm³/mol. The number of ether oxygens (including phenoxy) is 2. The highest BCUT2D eigenvalue weighted by molar-refractivity contribution is 5.50. The van der Waals surface area contributed by atoms with E-state index in [1.165, 1.54) is 0 Å². The van der Waals surface area contributed by atoms with Gasteiger partial charge in [-0.3, -0.25) is 0 Å². The van der Waals surface area contributed by atoms with E-state index < -0.39 is 31.2 Å². The van der Waals surface area contributed by atoms with Crippen LogP contribution in [0.15, 0.2) is 0 Å². The van der Waals surface area contributed by atoms with Crippen LogP contribution in [0.1, 0.15) is 6.42 Å². The Morgan fingerprint density at radius 2 is 2.21 bits per heavy atom. The van der Waals surface area contributed by atoms with E-state index in [1.54, 1.807) is 0 Å². The summed E-state index contributed by atoms with van der Waals surface area (Å²) in [7, 11) is 0. The van der Waals surface area contributed by atoms with Crippen molar-refractivity contribution in [2.45, 2.75) is 31.0 Å². The Morgan fingerprint density at radius 1 is 1.50 bits per heavy atom. The second-order valence-corrected chi connectivity index (χ2v) is 3.08. The van der Waals surface area contributed by atoms with Gasteiger partial charge in [0.15, 0.2) is 6.29 Å². The molecular weight excluding hydrogens is 192 g/mol. The molecule has 1 aliphatic heterocycles. The van der Waals surface area contributed by atoms with Crippen molar-refractivity contribution < 1.29 is 29.6 Å². The van der Waals surface area contributed by atoms with Crippen molar-refractivity contribution in [3.05, 3.63) is 0 Å². The van der Waals surface area contributed by atoms with E-state index in [2.05, 4.69) is 0 Å². The lowest BCUT2D eigenvalue weighted by Crippen LogP contribution is -2.50. The fraction of sp³-hybridized carbons (Fsp3) is 0.875. The third kappa shape index (κ3) is 2.73. The number of rotatable bonds is 4. The van der Waals surface area contributed by atoms with Crippen LogP contribution in [0.2, 0.25) is 0 Å². The van der Waals surface area contributed by atoms with Crippen molar-refractivity contribution >= 4 is 6.29 Å². The normalized spacial score (nSPS) is 38.2. The molecule has 82 valence electrons. The van der Waals surface area contributed by atoms with Gasteiger partial charge >= 0.3 is 0 Å². The molecule has 6 heteroatoms.